The quantitative estimate of drug-likeness (QED) is 0.781. The molecule has 0 saturated heterocycles. The number of fused-ring (bicyclic) bond motifs is 1. The van der Waals surface area contributed by atoms with Gasteiger partial charge in [-0.2, -0.15) is 0 Å². The summed E-state index contributed by atoms with van der Waals surface area (Å²) in [5.41, 5.74) is 0.862. The summed E-state index contributed by atoms with van der Waals surface area (Å²) >= 11 is 1.55. The fourth-order valence-corrected chi connectivity index (χ4v) is 3.39. The van der Waals surface area contributed by atoms with Crippen LogP contribution in [0.15, 0.2) is 45.9 Å². The first-order valence-corrected chi connectivity index (χ1v) is 9.08. The van der Waals surface area contributed by atoms with Crippen molar-refractivity contribution in [2.24, 2.45) is 0 Å². The predicted octanol–water partition coefficient (Wildman–Crippen LogP) is 2.75. The van der Waals surface area contributed by atoms with Crippen LogP contribution >= 0.6 is 11.8 Å². The number of rotatable bonds is 5. The second kappa shape index (κ2) is 8.09. The van der Waals surface area contributed by atoms with Crippen LogP contribution in [-0.2, 0) is 14.3 Å². The highest BCUT2D eigenvalue weighted by Gasteiger charge is 2.18. The Morgan fingerprint density at radius 3 is 3.00 bits per heavy atom. The molecule has 26 heavy (non-hydrogen) atoms. The number of carbonyl (C=O) groups excluding carboxylic acids is 3. The van der Waals surface area contributed by atoms with E-state index in [2.05, 4.69) is 10.6 Å². The lowest BCUT2D eigenvalue weighted by Crippen LogP contribution is -2.31. The van der Waals surface area contributed by atoms with Crippen molar-refractivity contribution in [1.82, 2.24) is 5.32 Å². The number of hydrogen-bond donors (Lipinski definition) is 2. The molecule has 2 aromatic rings. The third-order valence-electron chi connectivity index (χ3n) is 3.76. The molecule has 7 nitrogen and oxygen atoms in total. The molecular weight excluding hydrogens is 356 g/mol. The van der Waals surface area contributed by atoms with Crippen molar-refractivity contribution in [3.63, 3.8) is 0 Å². The topological polar surface area (TPSA) is 97.6 Å². The minimum atomic E-state index is -0.628. The minimum Gasteiger partial charge on any atom is -0.467 e. The van der Waals surface area contributed by atoms with E-state index in [1.165, 1.54) is 6.26 Å². The van der Waals surface area contributed by atoms with E-state index < -0.39 is 18.5 Å². The van der Waals surface area contributed by atoms with Gasteiger partial charge in [-0.05, 0) is 37.3 Å². The number of nitrogens with one attached hydrogen (secondary N) is 2. The number of anilines is 1. The Bertz CT molecular complexity index is 819. The zero-order valence-electron chi connectivity index (χ0n) is 14.1. The van der Waals surface area contributed by atoms with Gasteiger partial charge in [0.05, 0.1) is 23.6 Å². The second-order valence-corrected chi connectivity index (χ2v) is 6.88. The molecule has 0 unspecified atom stereocenters. The Labute approximate surface area is 154 Å². The largest absolute Gasteiger partial charge is 0.467 e. The standard InChI is InChI=1S/C18H18N2O5S/c1-11(14-3-2-7-24-14)19-17(22)10-25-18(23)12-4-5-15-13(9-12)20-16(21)6-8-26-15/h2-5,7,9,11H,6,8,10H2,1H3,(H,19,22)(H,20,21)/t11-/m0/s1. The van der Waals surface area contributed by atoms with Crippen LogP contribution in [0, 0.1) is 0 Å². The molecule has 1 aromatic heterocycles. The average molecular weight is 374 g/mol. The predicted molar refractivity (Wildman–Crippen MR) is 96.0 cm³/mol. The Kier molecular flexibility index (Phi) is 5.62. The number of ether oxygens (including phenoxy) is 1. The lowest BCUT2D eigenvalue weighted by Gasteiger charge is -2.12. The summed E-state index contributed by atoms with van der Waals surface area (Å²) in [4.78, 5) is 36.6. The summed E-state index contributed by atoms with van der Waals surface area (Å²) in [5.74, 6) is 0.158. The van der Waals surface area contributed by atoms with Crippen LogP contribution in [0.3, 0.4) is 0 Å². The van der Waals surface area contributed by atoms with Crippen molar-refractivity contribution in [1.29, 1.82) is 0 Å². The smallest absolute Gasteiger partial charge is 0.338 e. The summed E-state index contributed by atoms with van der Waals surface area (Å²) in [6.07, 6.45) is 1.94. The van der Waals surface area contributed by atoms with Gasteiger partial charge in [-0.3, -0.25) is 9.59 Å². The molecule has 1 aliphatic rings. The molecule has 0 fully saturated rings. The molecule has 0 aliphatic carbocycles. The number of hydrogen-bond acceptors (Lipinski definition) is 6. The molecular formula is C18H18N2O5S. The monoisotopic (exact) mass is 374 g/mol. The maximum absolute atomic E-state index is 12.2. The molecule has 3 rings (SSSR count). The van der Waals surface area contributed by atoms with Gasteiger partial charge in [0.2, 0.25) is 5.91 Å². The number of carbonyl (C=O) groups is 3. The Morgan fingerprint density at radius 1 is 1.38 bits per heavy atom. The second-order valence-electron chi connectivity index (χ2n) is 5.74. The molecule has 0 spiro atoms. The third kappa shape index (κ3) is 4.45. The number of esters is 1. The van der Waals surface area contributed by atoms with E-state index in [0.29, 0.717) is 23.6 Å². The fraction of sp³-hybridized carbons (Fsp3) is 0.278. The van der Waals surface area contributed by atoms with Gasteiger partial charge in [-0.15, -0.1) is 11.8 Å². The summed E-state index contributed by atoms with van der Waals surface area (Å²) in [6.45, 7) is 1.37. The highest BCUT2D eigenvalue weighted by molar-refractivity contribution is 7.99. The molecule has 2 amide bonds. The SMILES string of the molecule is C[C@H](NC(=O)COC(=O)c1ccc2c(c1)NC(=O)CCS2)c1ccco1. The van der Waals surface area contributed by atoms with E-state index in [-0.39, 0.29) is 17.5 Å². The van der Waals surface area contributed by atoms with Crippen molar-refractivity contribution in [3.8, 4) is 0 Å². The first-order chi connectivity index (χ1) is 12.5. The highest BCUT2D eigenvalue weighted by Crippen LogP contribution is 2.31. The number of furan rings is 1. The maximum atomic E-state index is 12.2. The van der Waals surface area contributed by atoms with E-state index >= 15 is 0 Å². The molecule has 1 atom stereocenters. The van der Waals surface area contributed by atoms with Crippen molar-refractivity contribution in [2.75, 3.05) is 17.7 Å². The Hall–Kier alpha value is -2.74. The summed E-state index contributed by atoms with van der Waals surface area (Å²) in [5, 5.41) is 5.45. The summed E-state index contributed by atoms with van der Waals surface area (Å²) in [6, 6.07) is 8.11. The van der Waals surface area contributed by atoms with Crippen LogP contribution in [-0.4, -0.2) is 30.1 Å². The number of thioether (sulfide) groups is 1. The van der Waals surface area contributed by atoms with Gasteiger partial charge in [-0.1, -0.05) is 0 Å². The lowest BCUT2D eigenvalue weighted by atomic mass is 10.2. The fourth-order valence-electron chi connectivity index (χ4n) is 2.45. The van der Waals surface area contributed by atoms with E-state index in [0.717, 1.165) is 4.90 Å². The van der Waals surface area contributed by atoms with Crippen molar-refractivity contribution >= 4 is 35.2 Å². The molecule has 8 heteroatoms. The first-order valence-electron chi connectivity index (χ1n) is 8.09. The molecule has 0 saturated carbocycles. The first kappa shape index (κ1) is 18.1. The van der Waals surface area contributed by atoms with Crippen molar-refractivity contribution in [2.45, 2.75) is 24.3 Å². The molecule has 2 N–H and O–H groups in total. The van der Waals surface area contributed by atoms with Crippen molar-refractivity contribution in [3.05, 3.63) is 47.9 Å². The van der Waals surface area contributed by atoms with Gasteiger partial charge < -0.3 is 19.8 Å². The number of benzene rings is 1. The molecule has 0 bridgehead atoms. The van der Waals surface area contributed by atoms with E-state index in [4.69, 9.17) is 9.15 Å². The lowest BCUT2D eigenvalue weighted by molar-refractivity contribution is -0.125. The van der Waals surface area contributed by atoms with Crippen LogP contribution in [0.25, 0.3) is 0 Å². The van der Waals surface area contributed by atoms with Crippen LogP contribution in [0.4, 0.5) is 5.69 Å². The normalized spacial score (nSPS) is 14.6. The molecule has 136 valence electrons. The van der Waals surface area contributed by atoms with Crippen LogP contribution in [0.5, 0.6) is 0 Å². The van der Waals surface area contributed by atoms with E-state index in [9.17, 15) is 14.4 Å². The van der Waals surface area contributed by atoms with E-state index in [1.54, 1.807) is 49.0 Å². The van der Waals surface area contributed by atoms with Gasteiger partial charge >= 0.3 is 5.97 Å². The van der Waals surface area contributed by atoms with Crippen LogP contribution < -0.4 is 10.6 Å². The maximum Gasteiger partial charge on any atom is 0.338 e. The average Bonchev–Trinajstić information content (AvgIpc) is 3.09. The molecule has 2 heterocycles. The van der Waals surface area contributed by atoms with Gasteiger partial charge in [0.25, 0.3) is 5.91 Å². The molecule has 1 aromatic carbocycles. The molecule has 0 radical (unpaired) electrons. The zero-order chi connectivity index (χ0) is 18.5. The van der Waals surface area contributed by atoms with Crippen LogP contribution in [0.1, 0.15) is 35.5 Å². The Balaban J connectivity index is 1.56. The highest BCUT2D eigenvalue weighted by atomic mass is 32.2. The van der Waals surface area contributed by atoms with Gasteiger partial charge in [0.1, 0.15) is 5.76 Å². The van der Waals surface area contributed by atoms with Gasteiger partial charge in [0.15, 0.2) is 6.61 Å². The number of amides is 2. The molecule has 1 aliphatic heterocycles. The summed E-state index contributed by atoms with van der Waals surface area (Å²) in [7, 11) is 0. The summed E-state index contributed by atoms with van der Waals surface area (Å²) < 4.78 is 10.3. The van der Waals surface area contributed by atoms with Gasteiger partial charge in [0, 0.05) is 17.1 Å². The van der Waals surface area contributed by atoms with Crippen LogP contribution in [0.2, 0.25) is 0 Å². The Morgan fingerprint density at radius 2 is 2.23 bits per heavy atom. The van der Waals surface area contributed by atoms with E-state index in [1.807, 2.05) is 0 Å². The third-order valence-corrected chi connectivity index (χ3v) is 4.83. The van der Waals surface area contributed by atoms with Crippen molar-refractivity contribution < 1.29 is 23.5 Å². The minimum absolute atomic E-state index is 0.0898. The zero-order valence-corrected chi connectivity index (χ0v) is 14.9. The van der Waals surface area contributed by atoms with Gasteiger partial charge in [-0.25, -0.2) is 4.79 Å².